The standard InChI is InChI=1S/C8H16N2O2/c1-2-8(11)10-5-7-6-12-4-3-9-7/h7,9H,2-6H2,1H3,(H,10,11). The van der Waals surface area contributed by atoms with Crippen LogP contribution >= 0.6 is 0 Å². The van der Waals surface area contributed by atoms with Crippen molar-refractivity contribution in [1.29, 1.82) is 0 Å². The van der Waals surface area contributed by atoms with Crippen LogP contribution in [0.1, 0.15) is 13.3 Å². The summed E-state index contributed by atoms with van der Waals surface area (Å²) in [6.45, 7) is 4.88. The number of morpholine rings is 1. The fourth-order valence-corrected chi connectivity index (χ4v) is 1.11. The van der Waals surface area contributed by atoms with E-state index in [0.717, 1.165) is 13.2 Å². The summed E-state index contributed by atoms with van der Waals surface area (Å²) >= 11 is 0. The Hall–Kier alpha value is -0.610. The van der Waals surface area contributed by atoms with Crippen molar-refractivity contribution >= 4 is 5.91 Å². The molecule has 0 saturated carbocycles. The molecule has 1 saturated heterocycles. The lowest BCUT2D eigenvalue weighted by Gasteiger charge is -2.23. The Labute approximate surface area is 72.7 Å². The number of amides is 1. The second-order valence-electron chi connectivity index (χ2n) is 2.88. The summed E-state index contributed by atoms with van der Waals surface area (Å²) < 4.78 is 5.23. The van der Waals surface area contributed by atoms with Gasteiger partial charge in [-0.25, -0.2) is 0 Å². The molecule has 1 aliphatic rings. The Morgan fingerprint density at radius 3 is 3.17 bits per heavy atom. The third-order valence-electron chi connectivity index (χ3n) is 1.87. The molecule has 1 amide bonds. The van der Waals surface area contributed by atoms with Gasteiger partial charge in [-0.1, -0.05) is 6.92 Å². The summed E-state index contributed by atoms with van der Waals surface area (Å²) in [6, 6.07) is 0.286. The highest BCUT2D eigenvalue weighted by atomic mass is 16.5. The fourth-order valence-electron chi connectivity index (χ4n) is 1.11. The molecule has 70 valence electrons. The summed E-state index contributed by atoms with van der Waals surface area (Å²) in [6.07, 6.45) is 0.549. The Bertz CT molecular complexity index is 144. The molecular formula is C8H16N2O2. The van der Waals surface area contributed by atoms with E-state index in [-0.39, 0.29) is 11.9 Å². The minimum atomic E-state index is 0.0994. The predicted octanol–water partition coefficient (Wildman–Crippen LogP) is -0.499. The van der Waals surface area contributed by atoms with E-state index in [1.165, 1.54) is 0 Å². The first-order valence-electron chi connectivity index (χ1n) is 4.40. The molecule has 4 nitrogen and oxygen atoms in total. The van der Waals surface area contributed by atoms with Crippen LogP contribution in [0.15, 0.2) is 0 Å². The molecule has 4 heteroatoms. The fraction of sp³-hybridized carbons (Fsp3) is 0.875. The van der Waals surface area contributed by atoms with Crippen LogP contribution in [0, 0.1) is 0 Å². The zero-order chi connectivity index (χ0) is 8.81. The van der Waals surface area contributed by atoms with Crippen molar-refractivity contribution in [2.24, 2.45) is 0 Å². The molecule has 0 aliphatic carbocycles. The van der Waals surface area contributed by atoms with Crippen LogP contribution in [0.2, 0.25) is 0 Å². The first-order valence-corrected chi connectivity index (χ1v) is 4.40. The summed E-state index contributed by atoms with van der Waals surface area (Å²) in [5.74, 6) is 0.0994. The second kappa shape index (κ2) is 5.11. The molecule has 1 fully saturated rings. The summed E-state index contributed by atoms with van der Waals surface area (Å²) in [5, 5.41) is 6.08. The van der Waals surface area contributed by atoms with Gasteiger partial charge in [0, 0.05) is 25.6 Å². The molecule has 0 aromatic rings. The second-order valence-corrected chi connectivity index (χ2v) is 2.88. The molecule has 1 atom stereocenters. The minimum absolute atomic E-state index is 0.0994. The third kappa shape index (κ3) is 3.19. The first-order chi connectivity index (χ1) is 5.83. The molecule has 1 aliphatic heterocycles. The van der Waals surface area contributed by atoms with Gasteiger partial charge in [0.25, 0.3) is 0 Å². The van der Waals surface area contributed by atoms with Gasteiger partial charge in [0.2, 0.25) is 5.91 Å². The molecule has 0 radical (unpaired) electrons. The maximum absolute atomic E-state index is 10.9. The molecule has 0 spiro atoms. The Morgan fingerprint density at radius 1 is 1.75 bits per heavy atom. The van der Waals surface area contributed by atoms with Gasteiger partial charge in [-0.3, -0.25) is 4.79 Å². The summed E-state index contributed by atoms with van der Waals surface area (Å²) in [5.41, 5.74) is 0. The van der Waals surface area contributed by atoms with E-state index >= 15 is 0 Å². The van der Waals surface area contributed by atoms with Crippen LogP contribution in [0.5, 0.6) is 0 Å². The molecule has 0 aromatic carbocycles. The molecule has 2 N–H and O–H groups in total. The Balaban J connectivity index is 2.09. The lowest BCUT2D eigenvalue weighted by molar-refractivity contribution is -0.121. The Kier molecular flexibility index (Phi) is 4.04. The van der Waals surface area contributed by atoms with Crippen molar-refractivity contribution in [3.63, 3.8) is 0 Å². The number of carbonyl (C=O) groups is 1. The van der Waals surface area contributed by atoms with Crippen molar-refractivity contribution in [2.75, 3.05) is 26.3 Å². The number of carbonyl (C=O) groups excluding carboxylic acids is 1. The maximum atomic E-state index is 10.9. The van der Waals surface area contributed by atoms with Crippen molar-refractivity contribution in [1.82, 2.24) is 10.6 Å². The maximum Gasteiger partial charge on any atom is 0.219 e. The number of hydrogen-bond acceptors (Lipinski definition) is 3. The van der Waals surface area contributed by atoms with Gasteiger partial charge in [0.15, 0.2) is 0 Å². The zero-order valence-corrected chi connectivity index (χ0v) is 7.43. The van der Waals surface area contributed by atoms with Gasteiger partial charge in [-0.2, -0.15) is 0 Å². The number of nitrogens with one attached hydrogen (secondary N) is 2. The van der Waals surface area contributed by atoms with Gasteiger partial charge < -0.3 is 15.4 Å². The summed E-state index contributed by atoms with van der Waals surface area (Å²) in [4.78, 5) is 10.9. The van der Waals surface area contributed by atoms with E-state index in [2.05, 4.69) is 10.6 Å². The zero-order valence-electron chi connectivity index (χ0n) is 7.43. The number of rotatable bonds is 3. The number of hydrogen-bond donors (Lipinski definition) is 2. The molecule has 1 heterocycles. The van der Waals surface area contributed by atoms with Crippen molar-refractivity contribution in [2.45, 2.75) is 19.4 Å². The van der Waals surface area contributed by atoms with E-state index in [4.69, 9.17) is 4.74 Å². The van der Waals surface area contributed by atoms with E-state index in [9.17, 15) is 4.79 Å². The first kappa shape index (κ1) is 9.48. The van der Waals surface area contributed by atoms with Gasteiger partial charge in [-0.05, 0) is 0 Å². The third-order valence-corrected chi connectivity index (χ3v) is 1.87. The largest absolute Gasteiger partial charge is 0.378 e. The van der Waals surface area contributed by atoms with Crippen LogP contribution in [-0.4, -0.2) is 38.3 Å². The highest BCUT2D eigenvalue weighted by molar-refractivity contribution is 5.75. The lowest BCUT2D eigenvalue weighted by atomic mass is 10.2. The highest BCUT2D eigenvalue weighted by Crippen LogP contribution is 1.91. The van der Waals surface area contributed by atoms with Crippen LogP contribution in [0.4, 0.5) is 0 Å². The normalized spacial score (nSPS) is 23.6. The lowest BCUT2D eigenvalue weighted by Crippen LogP contribution is -2.48. The average Bonchev–Trinajstić information content (AvgIpc) is 2.16. The van der Waals surface area contributed by atoms with Crippen LogP contribution in [-0.2, 0) is 9.53 Å². The summed E-state index contributed by atoms with van der Waals surface area (Å²) in [7, 11) is 0. The van der Waals surface area contributed by atoms with Crippen LogP contribution in [0.25, 0.3) is 0 Å². The van der Waals surface area contributed by atoms with E-state index < -0.39 is 0 Å². The predicted molar refractivity (Wildman–Crippen MR) is 45.9 cm³/mol. The molecular weight excluding hydrogens is 156 g/mol. The molecule has 12 heavy (non-hydrogen) atoms. The van der Waals surface area contributed by atoms with Crippen molar-refractivity contribution in [3.8, 4) is 0 Å². The van der Waals surface area contributed by atoms with E-state index in [1.807, 2.05) is 6.92 Å². The minimum Gasteiger partial charge on any atom is -0.378 e. The molecule has 0 bridgehead atoms. The van der Waals surface area contributed by atoms with Gasteiger partial charge in [0.05, 0.1) is 13.2 Å². The highest BCUT2D eigenvalue weighted by Gasteiger charge is 2.12. The van der Waals surface area contributed by atoms with Gasteiger partial charge in [0.1, 0.15) is 0 Å². The monoisotopic (exact) mass is 172 g/mol. The van der Waals surface area contributed by atoms with Crippen molar-refractivity contribution < 1.29 is 9.53 Å². The molecule has 0 aromatic heterocycles. The Morgan fingerprint density at radius 2 is 2.58 bits per heavy atom. The van der Waals surface area contributed by atoms with Gasteiger partial charge in [-0.15, -0.1) is 0 Å². The van der Waals surface area contributed by atoms with Crippen LogP contribution in [0.3, 0.4) is 0 Å². The molecule has 1 unspecified atom stereocenters. The number of ether oxygens (including phenoxy) is 1. The SMILES string of the molecule is CCC(=O)NCC1COCCN1. The quantitative estimate of drug-likeness (QED) is 0.603. The molecule has 1 rings (SSSR count). The van der Waals surface area contributed by atoms with Crippen molar-refractivity contribution in [3.05, 3.63) is 0 Å². The van der Waals surface area contributed by atoms with Crippen LogP contribution < -0.4 is 10.6 Å². The average molecular weight is 172 g/mol. The smallest absolute Gasteiger partial charge is 0.219 e. The topological polar surface area (TPSA) is 50.4 Å². The van der Waals surface area contributed by atoms with E-state index in [0.29, 0.717) is 19.6 Å². The van der Waals surface area contributed by atoms with E-state index in [1.54, 1.807) is 0 Å². The van der Waals surface area contributed by atoms with Gasteiger partial charge >= 0.3 is 0 Å².